The van der Waals surface area contributed by atoms with E-state index in [9.17, 15) is 19.1 Å². The molecule has 8 nitrogen and oxygen atoms in total. The Balaban J connectivity index is 1.63. The van der Waals surface area contributed by atoms with E-state index in [1.165, 1.54) is 4.90 Å². The van der Waals surface area contributed by atoms with Crippen LogP contribution >= 0.6 is 0 Å². The van der Waals surface area contributed by atoms with E-state index in [0.717, 1.165) is 16.3 Å². The molecule has 2 aromatic heterocycles. The molecule has 4 atom stereocenters. The molecule has 0 radical (unpaired) electrons. The third-order valence-electron chi connectivity index (χ3n) is 6.75. The zero-order chi connectivity index (χ0) is 24.3. The van der Waals surface area contributed by atoms with Crippen LogP contribution in [0.25, 0.3) is 10.9 Å². The molecule has 5 N–H and O–H groups in total. The van der Waals surface area contributed by atoms with E-state index >= 15 is 8.78 Å². The van der Waals surface area contributed by atoms with Crippen molar-refractivity contribution in [2.75, 3.05) is 23.7 Å². The third kappa shape index (κ3) is 3.38. The fraction of sp³-hybridized carbons (Fsp3) is 0.348. The Bertz CT molecular complexity index is 1360. The Morgan fingerprint density at radius 2 is 2.03 bits per heavy atom. The van der Waals surface area contributed by atoms with Gasteiger partial charge in [-0.1, -0.05) is 6.07 Å². The first-order valence-electron chi connectivity index (χ1n) is 10.8. The lowest BCUT2D eigenvalue weighted by Gasteiger charge is -2.25. The molecule has 2 aliphatic rings. The lowest BCUT2D eigenvalue weighted by Crippen LogP contribution is -2.28. The molecular formula is C23H22F3N5O3. The number of nitrogen functional groups attached to an aromatic ring is 1. The van der Waals surface area contributed by atoms with Gasteiger partial charge in [0.1, 0.15) is 17.4 Å². The van der Waals surface area contributed by atoms with E-state index < -0.39 is 69.1 Å². The third-order valence-corrected chi connectivity index (χ3v) is 6.75. The second kappa shape index (κ2) is 8.01. The van der Waals surface area contributed by atoms with Crippen molar-refractivity contribution in [3.05, 3.63) is 63.7 Å². The van der Waals surface area contributed by atoms with Gasteiger partial charge in [-0.3, -0.25) is 9.78 Å². The molecule has 178 valence electrons. The molecule has 0 spiro atoms. The summed E-state index contributed by atoms with van der Waals surface area (Å²) in [5.74, 6) is -3.95. The molecule has 11 heteroatoms. The van der Waals surface area contributed by atoms with Crippen LogP contribution in [-0.2, 0) is 0 Å². The number of carboxylic acids is 1. The average Bonchev–Trinajstić information content (AvgIpc) is 3.35. The Labute approximate surface area is 191 Å². The highest BCUT2D eigenvalue weighted by Crippen LogP contribution is 2.44. The number of hydrogen-bond donors (Lipinski definition) is 3. The van der Waals surface area contributed by atoms with Gasteiger partial charge < -0.3 is 26.0 Å². The molecule has 1 aliphatic heterocycles. The minimum Gasteiger partial charge on any atom is -0.477 e. The number of pyridine rings is 2. The van der Waals surface area contributed by atoms with Gasteiger partial charge in [-0.15, -0.1) is 0 Å². The van der Waals surface area contributed by atoms with Gasteiger partial charge in [-0.2, -0.15) is 0 Å². The van der Waals surface area contributed by atoms with Gasteiger partial charge in [-0.25, -0.2) is 18.0 Å². The average molecular weight is 473 g/mol. The second-order valence-electron chi connectivity index (χ2n) is 8.82. The number of hydrogen-bond acceptors (Lipinski definition) is 6. The van der Waals surface area contributed by atoms with Gasteiger partial charge in [0, 0.05) is 44.1 Å². The molecule has 2 fully saturated rings. The fourth-order valence-corrected chi connectivity index (χ4v) is 4.81. The van der Waals surface area contributed by atoms with Crippen molar-refractivity contribution in [1.29, 1.82) is 0 Å². The standard InChI is InChI=1S/C23H22F3N5O3/c24-13-6-14(13)31-9-12(23(33)34)22(32)15-19(28)16(25)21(17(26)20(15)31)30-5-3-11(8-30)18(27)10-2-1-4-29-7-10/h1-2,4,7,9,11,13-14,18H,3,5-6,8,27-28H2,(H,33,34)/t11-,13+,14-,18?/m1/s1. The monoisotopic (exact) mass is 473 g/mol. The predicted octanol–water partition coefficient (Wildman–Crippen LogP) is 2.76. The zero-order valence-corrected chi connectivity index (χ0v) is 17.9. The van der Waals surface area contributed by atoms with Gasteiger partial charge in [-0.05, 0) is 24.0 Å². The first-order chi connectivity index (χ1) is 16.2. The number of fused-ring (bicyclic) bond motifs is 1. The summed E-state index contributed by atoms with van der Waals surface area (Å²) in [5, 5.41) is 8.79. The van der Waals surface area contributed by atoms with Crippen molar-refractivity contribution < 1.29 is 23.1 Å². The first kappa shape index (κ1) is 22.2. The highest BCUT2D eigenvalue weighted by Gasteiger charge is 2.42. The van der Waals surface area contributed by atoms with Crippen LogP contribution in [0.15, 0.2) is 35.5 Å². The summed E-state index contributed by atoms with van der Waals surface area (Å²) in [6, 6.07) is 2.32. The molecule has 3 aromatic rings. The summed E-state index contributed by atoms with van der Waals surface area (Å²) in [6.07, 6.45) is 3.41. The van der Waals surface area contributed by atoms with E-state index in [-0.39, 0.29) is 25.4 Å². The highest BCUT2D eigenvalue weighted by atomic mass is 19.1. The number of carbonyl (C=O) groups is 1. The Hall–Kier alpha value is -3.60. The number of halogens is 3. The molecular weight excluding hydrogens is 451 g/mol. The Kier molecular flexibility index (Phi) is 5.23. The molecule has 3 heterocycles. The van der Waals surface area contributed by atoms with Crippen LogP contribution in [0.1, 0.15) is 40.8 Å². The van der Waals surface area contributed by atoms with Crippen molar-refractivity contribution in [2.24, 2.45) is 11.7 Å². The fourth-order valence-electron chi connectivity index (χ4n) is 4.81. The van der Waals surface area contributed by atoms with Crippen LogP contribution < -0.4 is 21.8 Å². The van der Waals surface area contributed by atoms with Crippen LogP contribution in [0, 0.1) is 17.6 Å². The first-order valence-corrected chi connectivity index (χ1v) is 10.8. The van der Waals surface area contributed by atoms with Gasteiger partial charge in [0.2, 0.25) is 5.43 Å². The number of nitrogens with zero attached hydrogens (tertiary/aromatic N) is 3. The maximum atomic E-state index is 15.9. The summed E-state index contributed by atoms with van der Waals surface area (Å²) in [5.41, 5.74) is 9.77. The second-order valence-corrected chi connectivity index (χ2v) is 8.82. The number of carboxylic acid groups (broad SMARTS) is 1. The van der Waals surface area contributed by atoms with Crippen LogP contribution in [0.4, 0.5) is 24.5 Å². The van der Waals surface area contributed by atoms with Crippen molar-refractivity contribution >= 4 is 28.2 Å². The van der Waals surface area contributed by atoms with Crippen LogP contribution in [0.3, 0.4) is 0 Å². The number of benzene rings is 1. The minimum atomic E-state index is -1.59. The number of aromatic nitrogens is 2. The number of anilines is 2. The molecule has 0 amide bonds. The summed E-state index contributed by atoms with van der Waals surface area (Å²) >= 11 is 0. The topological polar surface area (TPSA) is 127 Å². The van der Waals surface area contributed by atoms with Crippen molar-refractivity contribution in [3.8, 4) is 0 Å². The maximum absolute atomic E-state index is 15.9. The normalized spacial score (nSPS) is 22.8. The smallest absolute Gasteiger partial charge is 0.341 e. The molecule has 1 saturated carbocycles. The Morgan fingerprint density at radius 3 is 2.65 bits per heavy atom. The van der Waals surface area contributed by atoms with E-state index in [1.54, 1.807) is 18.5 Å². The van der Waals surface area contributed by atoms with Crippen LogP contribution in [0.2, 0.25) is 0 Å². The van der Waals surface area contributed by atoms with Crippen LogP contribution in [0.5, 0.6) is 0 Å². The summed E-state index contributed by atoms with van der Waals surface area (Å²) in [6.45, 7) is 0.505. The molecule has 34 heavy (non-hydrogen) atoms. The summed E-state index contributed by atoms with van der Waals surface area (Å²) < 4.78 is 46.3. The van der Waals surface area contributed by atoms with E-state index in [0.29, 0.717) is 6.42 Å². The summed E-state index contributed by atoms with van der Waals surface area (Å²) in [4.78, 5) is 29.9. The minimum absolute atomic E-state index is 0.0227. The molecule has 1 saturated heterocycles. The van der Waals surface area contributed by atoms with Crippen molar-refractivity contribution in [2.45, 2.75) is 31.1 Å². The molecule has 1 unspecified atom stereocenters. The highest BCUT2D eigenvalue weighted by molar-refractivity contribution is 5.99. The number of nitrogens with two attached hydrogens (primary N) is 2. The quantitative estimate of drug-likeness (QED) is 0.486. The van der Waals surface area contributed by atoms with E-state index in [2.05, 4.69) is 4.98 Å². The number of rotatable bonds is 5. The van der Waals surface area contributed by atoms with Crippen molar-refractivity contribution in [3.63, 3.8) is 0 Å². The van der Waals surface area contributed by atoms with Gasteiger partial charge in [0.15, 0.2) is 11.6 Å². The van der Waals surface area contributed by atoms with Gasteiger partial charge in [0.25, 0.3) is 0 Å². The molecule has 1 aromatic carbocycles. The number of aromatic carboxylic acids is 1. The zero-order valence-electron chi connectivity index (χ0n) is 17.9. The van der Waals surface area contributed by atoms with E-state index in [4.69, 9.17) is 11.5 Å². The van der Waals surface area contributed by atoms with Crippen LogP contribution in [-0.4, -0.2) is 39.9 Å². The van der Waals surface area contributed by atoms with Gasteiger partial charge >= 0.3 is 5.97 Å². The lowest BCUT2D eigenvalue weighted by atomic mass is 9.94. The van der Waals surface area contributed by atoms with E-state index in [1.807, 2.05) is 6.07 Å². The lowest BCUT2D eigenvalue weighted by molar-refractivity contribution is 0.0694. The summed E-state index contributed by atoms with van der Waals surface area (Å²) in [7, 11) is 0. The van der Waals surface area contributed by atoms with Gasteiger partial charge in [0.05, 0.1) is 22.6 Å². The molecule has 1 aliphatic carbocycles. The maximum Gasteiger partial charge on any atom is 0.341 e. The molecule has 5 rings (SSSR count). The number of alkyl halides is 1. The SMILES string of the molecule is Nc1c(F)c(N2CC[C@@H](C(N)c3cccnc3)C2)c(F)c2c1c(=O)c(C(=O)O)cn2[C@@H]1C[C@@H]1F. The predicted molar refractivity (Wildman–Crippen MR) is 120 cm³/mol. The van der Waals surface area contributed by atoms with Crippen molar-refractivity contribution in [1.82, 2.24) is 9.55 Å². The largest absolute Gasteiger partial charge is 0.477 e. The molecule has 0 bridgehead atoms. The Morgan fingerprint density at radius 1 is 1.29 bits per heavy atom.